The average molecular weight is 600 g/mol. The van der Waals surface area contributed by atoms with Gasteiger partial charge >= 0.3 is 10.1 Å². The second-order valence-electron chi connectivity index (χ2n) is 11.0. The van der Waals surface area contributed by atoms with E-state index in [9.17, 15) is 8.42 Å². The highest BCUT2D eigenvalue weighted by atomic mass is 32.2. The van der Waals surface area contributed by atoms with Gasteiger partial charge in [0.25, 0.3) is 0 Å². The fourth-order valence-corrected chi connectivity index (χ4v) is 7.03. The molecule has 0 atom stereocenters. The Kier molecular flexibility index (Phi) is 8.13. The molecule has 1 aromatic heterocycles. The Balaban J connectivity index is 1.48. The van der Waals surface area contributed by atoms with Crippen LogP contribution in [0.2, 0.25) is 0 Å². The van der Waals surface area contributed by atoms with E-state index in [-0.39, 0.29) is 17.4 Å². The molecule has 0 unspecified atom stereocenters. The number of rotatable bonds is 11. The molecule has 43 heavy (non-hydrogen) atoms. The number of aryl methyl sites for hydroxylation is 3. The Labute approximate surface area is 252 Å². The van der Waals surface area contributed by atoms with E-state index in [2.05, 4.69) is 23.6 Å². The molecule has 0 saturated carbocycles. The summed E-state index contributed by atoms with van der Waals surface area (Å²) in [4.78, 5) is -0.0338. The highest BCUT2D eigenvalue weighted by Gasteiger charge is 2.33. The fourth-order valence-electron chi connectivity index (χ4n) is 6.07. The summed E-state index contributed by atoms with van der Waals surface area (Å²) in [6, 6.07) is 15.6. The molecule has 3 heterocycles. The van der Waals surface area contributed by atoms with Gasteiger partial charge in [0.15, 0.2) is 35.7 Å². The maximum absolute atomic E-state index is 13.5. The van der Waals surface area contributed by atoms with Crippen LogP contribution < -0.4 is 23.0 Å². The van der Waals surface area contributed by atoms with Crippen LogP contribution in [0.25, 0.3) is 22.0 Å². The topological polar surface area (TPSA) is 98.7 Å². The highest BCUT2D eigenvalue weighted by molar-refractivity contribution is 7.87. The zero-order valence-corrected chi connectivity index (χ0v) is 25.3. The smallest absolute Gasteiger partial charge is 0.339 e. The van der Waals surface area contributed by atoms with Crippen LogP contribution in [-0.2, 0) is 29.5 Å². The van der Waals surface area contributed by atoms with Gasteiger partial charge in [-0.15, -0.1) is 0 Å². The molecule has 0 radical (unpaired) electrons. The van der Waals surface area contributed by atoms with Gasteiger partial charge in [-0.1, -0.05) is 39.0 Å². The van der Waals surface area contributed by atoms with Crippen molar-refractivity contribution in [3.05, 3.63) is 71.4 Å². The first kappa shape index (κ1) is 28.8. The summed E-state index contributed by atoms with van der Waals surface area (Å²) < 4.78 is 52.0. The monoisotopic (exact) mass is 599 g/mol. The van der Waals surface area contributed by atoms with E-state index in [0.29, 0.717) is 16.7 Å². The van der Waals surface area contributed by atoms with Crippen molar-refractivity contribution < 1.29 is 31.4 Å². The lowest BCUT2D eigenvalue weighted by atomic mass is 9.89. The molecule has 0 saturated heterocycles. The van der Waals surface area contributed by atoms with Crippen molar-refractivity contribution in [2.45, 2.75) is 69.7 Å². The predicted octanol–water partition coefficient (Wildman–Crippen LogP) is 6.63. The Hall–Kier alpha value is -4.29. The number of nitriles is 1. The van der Waals surface area contributed by atoms with Crippen molar-refractivity contribution in [2.24, 2.45) is 0 Å². The lowest BCUT2D eigenvalue weighted by Gasteiger charge is -2.21. The Morgan fingerprint density at radius 2 is 1.70 bits per heavy atom. The van der Waals surface area contributed by atoms with Gasteiger partial charge in [-0.2, -0.15) is 18.2 Å². The first-order valence-corrected chi connectivity index (χ1v) is 16.3. The number of hydrogen-bond donors (Lipinski definition) is 0. The summed E-state index contributed by atoms with van der Waals surface area (Å²) in [7, 11) is -2.71. The van der Waals surface area contributed by atoms with E-state index < -0.39 is 10.1 Å². The molecule has 6 rings (SSSR count). The largest absolute Gasteiger partial charge is 0.493 e. The molecular weight excluding hydrogens is 564 g/mol. The van der Waals surface area contributed by atoms with Crippen LogP contribution in [0.1, 0.15) is 62.1 Å². The molecule has 2 aliphatic rings. The van der Waals surface area contributed by atoms with Crippen LogP contribution >= 0.6 is 0 Å². The number of nitrogens with zero attached hydrogens (tertiary/aromatic N) is 2. The minimum Gasteiger partial charge on any atom is -0.493 e. The molecule has 3 aromatic carbocycles. The number of benzene rings is 3. The van der Waals surface area contributed by atoms with Crippen molar-refractivity contribution in [1.82, 2.24) is 0 Å². The highest BCUT2D eigenvalue weighted by Crippen LogP contribution is 2.44. The predicted molar refractivity (Wildman–Crippen MR) is 162 cm³/mol. The van der Waals surface area contributed by atoms with Crippen molar-refractivity contribution in [3.63, 3.8) is 0 Å². The fraction of sp³-hybridized carbons (Fsp3) is 0.353. The maximum Gasteiger partial charge on any atom is 0.339 e. The van der Waals surface area contributed by atoms with Crippen LogP contribution in [0.15, 0.2) is 59.6 Å². The molecule has 0 amide bonds. The SMILES string of the molecule is CCCCCCCCc1c2[n+](cc3c(OS(=O)(=O)c4ccc(C#N)cc4)c(OC)ccc13)CCc1cc3c(cc1-2)OCO3. The standard InChI is InChI=1S/C34H35N2O6S/c1-3-4-5-6-7-8-9-27-26-14-15-30(39-2)34(42-43(37,38)25-12-10-23(20-35)11-13-25)29(26)21-36-17-16-24-18-31-32(41-22-40-31)19-28(24)33(27)36/h10-15,18-19,21H,3-9,16-17,22H2,1-2H3/q+1. The molecule has 0 aliphatic carbocycles. The van der Waals surface area contributed by atoms with E-state index in [1.807, 2.05) is 18.3 Å². The summed E-state index contributed by atoms with van der Waals surface area (Å²) in [5.41, 5.74) is 4.96. The van der Waals surface area contributed by atoms with Crippen LogP contribution in [-0.4, -0.2) is 22.3 Å². The molecule has 9 heteroatoms. The quantitative estimate of drug-likeness (QED) is 0.108. The van der Waals surface area contributed by atoms with Gasteiger partial charge in [0, 0.05) is 17.4 Å². The molecule has 0 spiro atoms. The van der Waals surface area contributed by atoms with E-state index in [1.54, 1.807) is 6.07 Å². The van der Waals surface area contributed by atoms with E-state index in [1.165, 1.54) is 62.6 Å². The minimum absolute atomic E-state index is 0.0338. The number of fused-ring (bicyclic) bond motifs is 5. The van der Waals surface area contributed by atoms with E-state index in [4.69, 9.17) is 23.7 Å². The van der Waals surface area contributed by atoms with Gasteiger partial charge in [-0.3, -0.25) is 0 Å². The molecule has 4 aromatic rings. The molecule has 0 N–H and O–H groups in total. The Morgan fingerprint density at radius 1 is 0.953 bits per heavy atom. The average Bonchev–Trinajstić information content (AvgIpc) is 3.48. The summed E-state index contributed by atoms with van der Waals surface area (Å²) in [6.07, 6.45) is 10.6. The number of unbranched alkanes of at least 4 members (excludes halogenated alkanes) is 5. The molecule has 8 nitrogen and oxygen atoms in total. The van der Waals surface area contributed by atoms with Crippen LogP contribution in [0.4, 0.5) is 0 Å². The summed E-state index contributed by atoms with van der Waals surface area (Å²) in [6.45, 7) is 3.16. The zero-order valence-electron chi connectivity index (χ0n) is 24.5. The van der Waals surface area contributed by atoms with Crippen LogP contribution in [0.3, 0.4) is 0 Å². The van der Waals surface area contributed by atoms with Gasteiger partial charge in [-0.25, -0.2) is 0 Å². The van der Waals surface area contributed by atoms with Crippen molar-refractivity contribution in [1.29, 1.82) is 5.26 Å². The van der Waals surface area contributed by atoms with Crippen molar-refractivity contribution >= 4 is 20.9 Å². The normalized spacial score (nSPS) is 13.3. The third-order valence-corrected chi connectivity index (χ3v) is 9.52. The van der Waals surface area contributed by atoms with Gasteiger partial charge in [0.2, 0.25) is 12.5 Å². The molecular formula is C34H35N2O6S+. The number of pyridine rings is 1. The number of aromatic nitrogens is 1. The first-order valence-electron chi connectivity index (χ1n) is 14.9. The van der Waals surface area contributed by atoms with Crippen molar-refractivity contribution in [2.75, 3.05) is 13.9 Å². The van der Waals surface area contributed by atoms with E-state index in [0.717, 1.165) is 65.9 Å². The zero-order chi connectivity index (χ0) is 30.0. The number of ether oxygens (including phenoxy) is 3. The van der Waals surface area contributed by atoms with Crippen LogP contribution in [0.5, 0.6) is 23.0 Å². The Morgan fingerprint density at radius 3 is 2.44 bits per heavy atom. The maximum atomic E-state index is 13.5. The summed E-state index contributed by atoms with van der Waals surface area (Å²) in [5.74, 6) is 2.00. The third kappa shape index (κ3) is 5.59. The molecule has 222 valence electrons. The van der Waals surface area contributed by atoms with Gasteiger partial charge in [0.05, 0.1) is 29.7 Å². The van der Waals surface area contributed by atoms with Gasteiger partial charge in [-0.05, 0) is 66.9 Å². The lowest BCUT2D eigenvalue weighted by molar-refractivity contribution is -0.686. The first-order chi connectivity index (χ1) is 20.9. The lowest BCUT2D eigenvalue weighted by Crippen LogP contribution is -2.41. The van der Waals surface area contributed by atoms with Gasteiger partial charge < -0.3 is 18.4 Å². The molecule has 0 fully saturated rings. The summed E-state index contributed by atoms with van der Waals surface area (Å²) >= 11 is 0. The second-order valence-corrected chi connectivity index (χ2v) is 12.6. The second kappa shape index (κ2) is 12.1. The van der Waals surface area contributed by atoms with E-state index >= 15 is 0 Å². The number of methoxy groups -OCH3 is 1. The van der Waals surface area contributed by atoms with Gasteiger partial charge in [0.1, 0.15) is 4.90 Å². The van der Waals surface area contributed by atoms with Crippen molar-refractivity contribution in [3.8, 4) is 40.3 Å². The Bertz CT molecular complexity index is 1830. The molecule has 2 aliphatic heterocycles. The summed E-state index contributed by atoms with van der Waals surface area (Å²) in [5, 5.41) is 10.7. The number of hydrogen-bond acceptors (Lipinski definition) is 7. The van der Waals surface area contributed by atoms with Crippen LogP contribution in [0, 0.1) is 11.3 Å². The minimum atomic E-state index is -4.21. The third-order valence-electron chi connectivity index (χ3n) is 8.28. The molecule has 0 bridgehead atoms.